The van der Waals surface area contributed by atoms with Gasteiger partial charge in [-0.1, -0.05) is 25.1 Å². The number of carbonyl (C=O) groups is 1. The molecule has 2 heterocycles. The van der Waals surface area contributed by atoms with Gasteiger partial charge in [0.25, 0.3) is 5.91 Å². The summed E-state index contributed by atoms with van der Waals surface area (Å²) in [6, 6.07) is 6.44. The molecule has 0 saturated carbocycles. The fraction of sp³-hybridized carbons (Fsp3) is 0.526. The Hall–Kier alpha value is -1.81. The Labute approximate surface area is 138 Å². The van der Waals surface area contributed by atoms with Crippen molar-refractivity contribution in [2.24, 2.45) is 0 Å². The second kappa shape index (κ2) is 6.75. The zero-order valence-electron chi connectivity index (χ0n) is 13.8. The minimum atomic E-state index is -0.187. The highest BCUT2D eigenvalue weighted by Gasteiger charge is 2.34. The first-order valence-electron chi connectivity index (χ1n) is 8.60. The SMILES string of the molecule is C=Cc1ccc(O)c(C(=O)N[C@H]2CCN3[C@H](CCC[C@H]3C)C2)c1. The van der Waals surface area contributed by atoms with Crippen LogP contribution >= 0.6 is 0 Å². The largest absolute Gasteiger partial charge is 0.507 e. The lowest BCUT2D eigenvalue weighted by Crippen LogP contribution is -2.54. The summed E-state index contributed by atoms with van der Waals surface area (Å²) >= 11 is 0. The van der Waals surface area contributed by atoms with Crippen LogP contribution in [0.25, 0.3) is 6.08 Å². The van der Waals surface area contributed by atoms with E-state index in [-0.39, 0.29) is 17.7 Å². The van der Waals surface area contributed by atoms with Gasteiger partial charge in [0.05, 0.1) is 5.56 Å². The zero-order chi connectivity index (χ0) is 16.4. The van der Waals surface area contributed by atoms with Crippen LogP contribution < -0.4 is 5.32 Å². The Morgan fingerprint density at radius 1 is 1.39 bits per heavy atom. The maximum Gasteiger partial charge on any atom is 0.255 e. The number of aromatic hydroxyl groups is 1. The van der Waals surface area contributed by atoms with Crippen LogP contribution in [0.3, 0.4) is 0 Å². The van der Waals surface area contributed by atoms with Crippen molar-refractivity contribution in [3.8, 4) is 5.75 Å². The summed E-state index contributed by atoms with van der Waals surface area (Å²) in [5.74, 6) is -0.162. The van der Waals surface area contributed by atoms with E-state index in [4.69, 9.17) is 0 Å². The minimum Gasteiger partial charge on any atom is -0.507 e. The molecule has 0 spiro atoms. The van der Waals surface area contributed by atoms with Gasteiger partial charge in [0, 0.05) is 24.7 Å². The molecule has 2 saturated heterocycles. The number of phenols is 1. The summed E-state index contributed by atoms with van der Waals surface area (Å²) in [6.07, 6.45) is 7.47. The summed E-state index contributed by atoms with van der Waals surface area (Å²) in [5.41, 5.74) is 1.17. The van der Waals surface area contributed by atoms with E-state index in [1.165, 1.54) is 19.3 Å². The van der Waals surface area contributed by atoms with Crippen molar-refractivity contribution < 1.29 is 9.90 Å². The molecule has 2 N–H and O–H groups in total. The molecule has 1 amide bonds. The van der Waals surface area contributed by atoms with Crippen LogP contribution in [0, 0.1) is 0 Å². The van der Waals surface area contributed by atoms with Gasteiger partial charge in [-0.3, -0.25) is 9.69 Å². The maximum absolute atomic E-state index is 12.5. The number of nitrogens with zero attached hydrogens (tertiary/aromatic N) is 1. The number of rotatable bonds is 3. The molecule has 0 bridgehead atoms. The smallest absolute Gasteiger partial charge is 0.255 e. The summed E-state index contributed by atoms with van der Waals surface area (Å²) < 4.78 is 0. The summed E-state index contributed by atoms with van der Waals surface area (Å²) in [5, 5.41) is 13.1. The minimum absolute atomic E-state index is 0.0248. The van der Waals surface area contributed by atoms with Gasteiger partial charge >= 0.3 is 0 Å². The highest BCUT2D eigenvalue weighted by atomic mass is 16.3. The van der Waals surface area contributed by atoms with E-state index in [0.717, 1.165) is 24.9 Å². The lowest BCUT2D eigenvalue weighted by atomic mass is 9.87. The van der Waals surface area contributed by atoms with E-state index < -0.39 is 0 Å². The monoisotopic (exact) mass is 314 g/mol. The van der Waals surface area contributed by atoms with Crippen molar-refractivity contribution in [1.82, 2.24) is 10.2 Å². The van der Waals surface area contributed by atoms with E-state index >= 15 is 0 Å². The zero-order valence-corrected chi connectivity index (χ0v) is 13.8. The van der Waals surface area contributed by atoms with E-state index in [0.29, 0.717) is 17.6 Å². The van der Waals surface area contributed by atoms with E-state index in [1.807, 2.05) is 0 Å². The number of carbonyl (C=O) groups excluding carboxylic acids is 1. The molecule has 2 aliphatic rings. The maximum atomic E-state index is 12.5. The molecule has 0 aromatic heterocycles. The van der Waals surface area contributed by atoms with Crippen LogP contribution in [0.2, 0.25) is 0 Å². The number of nitrogens with one attached hydrogen (secondary N) is 1. The highest BCUT2D eigenvalue weighted by Crippen LogP contribution is 2.30. The van der Waals surface area contributed by atoms with E-state index in [9.17, 15) is 9.90 Å². The average molecular weight is 314 g/mol. The van der Waals surface area contributed by atoms with Crippen LogP contribution in [0.4, 0.5) is 0 Å². The number of benzene rings is 1. The number of amides is 1. The van der Waals surface area contributed by atoms with Crippen molar-refractivity contribution in [2.45, 2.75) is 57.2 Å². The number of hydrogen-bond acceptors (Lipinski definition) is 3. The predicted octanol–water partition coefficient (Wildman–Crippen LogP) is 3.17. The second-order valence-electron chi connectivity index (χ2n) is 6.85. The lowest BCUT2D eigenvalue weighted by molar-refractivity contribution is 0.0457. The molecule has 0 unspecified atom stereocenters. The molecule has 0 radical (unpaired) electrons. The van der Waals surface area contributed by atoms with Gasteiger partial charge in [0.1, 0.15) is 5.75 Å². The molecule has 23 heavy (non-hydrogen) atoms. The third-order valence-corrected chi connectivity index (χ3v) is 5.32. The molecule has 2 fully saturated rings. The number of phenolic OH excluding ortho intramolecular Hbond substituents is 1. The Morgan fingerprint density at radius 2 is 2.22 bits per heavy atom. The standard InChI is InChI=1S/C19H26N2O2/c1-3-14-7-8-18(22)17(11-14)19(23)20-15-9-10-21-13(2)5-4-6-16(21)12-15/h3,7-8,11,13,15-16,22H,1,4-6,9-10,12H2,2H3,(H,20,23)/t13-,15+,16-/m1/s1. The van der Waals surface area contributed by atoms with Crippen LogP contribution in [0.5, 0.6) is 5.75 Å². The normalized spacial score (nSPS) is 28.0. The summed E-state index contributed by atoms with van der Waals surface area (Å²) in [4.78, 5) is 15.1. The second-order valence-corrected chi connectivity index (χ2v) is 6.85. The summed E-state index contributed by atoms with van der Waals surface area (Å²) in [7, 11) is 0. The number of piperidine rings is 2. The topological polar surface area (TPSA) is 52.6 Å². The molecule has 0 aliphatic carbocycles. The van der Waals surface area contributed by atoms with Gasteiger partial charge in [-0.15, -0.1) is 0 Å². The molecule has 3 rings (SSSR count). The van der Waals surface area contributed by atoms with E-state index in [1.54, 1.807) is 24.3 Å². The molecule has 2 aliphatic heterocycles. The van der Waals surface area contributed by atoms with Crippen molar-refractivity contribution in [3.05, 3.63) is 35.9 Å². The first kappa shape index (κ1) is 16.1. The fourth-order valence-electron chi connectivity index (χ4n) is 4.00. The quantitative estimate of drug-likeness (QED) is 0.901. The van der Waals surface area contributed by atoms with Crippen molar-refractivity contribution in [1.29, 1.82) is 0 Å². The van der Waals surface area contributed by atoms with Crippen molar-refractivity contribution in [2.75, 3.05) is 6.54 Å². The van der Waals surface area contributed by atoms with Crippen molar-refractivity contribution in [3.63, 3.8) is 0 Å². The molecule has 1 aromatic carbocycles. The van der Waals surface area contributed by atoms with Gasteiger partial charge < -0.3 is 10.4 Å². The van der Waals surface area contributed by atoms with E-state index in [2.05, 4.69) is 23.7 Å². The van der Waals surface area contributed by atoms with Crippen LogP contribution in [-0.4, -0.2) is 40.6 Å². The van der Waals surface area contributed by atoms with Crippen LogP contribution in [0.1, 0.15) is 54.9 Å². The third kappa shape index (κ3) is 3.42. The molecular weight excluding hydrogens is 288 g/mol. The fourth-order valence-corrected chi connectivity index (χ4v) is 4.00. The molecule has 124 valence electrons. The van der Waals surface area contributed by atoms with Gasteiger partial charge in [-0.25, -0.2) is 0 Å². The van der Waals surface area contributed by atoms with Gasteiger partial charge in [-0.05, 0) is 50.3 Å². The molecule has 1 aromatic rings. The van der Waals surface area contributed by atoms with Crippen LogP contribution in [-0.2, 0) is 0 Å². The lowest BCUT2D eigenvalue weighted by Gasteiger charge is -2.46. The molecule has 4 heteroatoms. The number of hydrogen-bond donors (Lipinski definition) is 2. The Bertz CT molecular complexity index is 599. The molecule has 4 nitrogen and oxygen atoms in total. The van der Waals surface area contributed by atoms with Gasteiger partial charge in [-0.2, -0.15) is 0 Å². The Morgan fingerprint density at radius 3 is 3.00 bits per heavy atom. The van der Waals surface area contributed by atoms with Crippen LogP contribution in [0.15, 0.2) is 24.8 Å². The number of fused-ring (bicyclic) bond motifs is 1. The predicted molar refractivity (Wildman–Crippen MR) is 92.5 cm³/mol. The highest BCUT2D eigenvalue weighted by molar-refractivity contribution is 5.97. The molecule has 3 atom stereocenters. The third-order valence-electron chi connectivity index (χ3n) is 5.32. The Kier molecular flexibility index (Phi) is 4.71. The van der Waals surface area contributed by atoms with Gasteiger partial charge in [0.15, 0.2) is 0 Å². The Balaban J connectivity index is 1.66. The summed E-state index contributed by atoms with van der Waals surface area (Å²) in [6.45, 7) is 7.07. The molecular formula is C19H26N2O2. The average Bonchev–Trinajstić information content (AvgIpc) is 2.55. The first-order chi connectivity index (χ1) is 11.1. The van der Waals surface area contributed by atoms with Gasteiger partial charge in [0.2, 0.25) is 0 Å². The van der Waals surface area contributed by atoms with Crippen molar-refractivity contribution >= 4 is 12.0 Å². The first-order valence-corrected chi connectivity index (χ1v) is 8.60.